The number of nitro benzene ring substituents is 1. The number of benzene rings is 3. The molecule has 0 saturated carbocycles. The number of hydrogen-bond donors (Lipinski definition) is 0. The third-order valence-corrected chi connectivity index (χ3v) is 8.34. The van der Waals surface area contributed by atoms with E-state index < -0.39 is 16.9 Å². The van der Waals surface area contributed by atoms with E-state index in [0.29, 0.717) is 30.6 Å². The second-order valence-electron chi connectivity index (χ2n) is 13.1. The molecule has 0 unspecified atom stereocenters. The summed E-state index contributed by atoms with van der Waals surface area (Å²) in [6, 6.07) is 16.8. The van der Waals surface area contributed by atoms with Gasteiger partial charge in [-0.2, -0.15) is 0 Å². The van der Waals surface area contributed by atoms with Crippen LogP contribution in [0.2, 0.25) is 0 Å². The van der Waals surface area contributed by atoms with Gasteiger partial charge in [0.05, 0.1) is 29.3 Å². The lowest BCUT2D eigenvalue weighted by Crippen LogP contribution is -2.11. The molecule has 0 aromatic heterocycles. The lowest BCUT2D eigenvalue weighted by Gasteiger charge is -2.13. The molecule has 9 heteroatoms. The highest BCUT2D eigenvalue weighted by Gasteiger charge is 2.20. The number of esters is 2. The fraction of sp³-hybridized carbons (Fsp3) is 0.500. The molecule has 0 saturated heterocycles. The zero-order valence-electron chi connectivity index (χ0n) is 29.6. The Labute approximate surface area is 291 Å². The van der Waals surface area contributed by atoms with Crippen LogP contribution in [-0.2, 0) is 0 Å². The van der Waals surface area contributed by atoms with E-state index in [1.54, 1.807) is 24.3 Å². The average Bonchev–Trinajstić information content (AvgIpc) is 3.08. The number of hydrogen-bond acceptors (Lipinski definition) is 8. The molecule has 0 radical (unpaired) electrons. The molecule has 266 valence electrons. The molecular weight excluding hydrogens is 622 g/mol. The van der Waals surface area contributed by atoms with Crippen LogP contribution in [0.1, 0.15) is 125 Å². The van der Waals surface area contributed by atoms with Gasteiger partial charge >= 0.3 is 17.6 Å². The van der Waals surface area contributed by atoms with Crippen molar-refractivity contribution in [3.8, 4) is 23.0 Å². The van der Waals surface area contributed by atoms with Crippen LogP contribution in [-0.4, -0.2) is 30.1 Å². The number of ether oxygens (including phenoxy) is 4. The largest absolute Gasteiger partial charge is 0.494 e. The van der Waals surface area contributed by atoms with E-state index in [0.717, 1.165) is 37.7 Å². The van der Waals surface area contributed by atoms with E-state index in [4.69, 9.17) is 18.9 Å². The van der Waals surface area contributed by atoms with Crippen molar-refractivity contribution in [2.45, 2.75) is 105 Å². The maximum atomic E-state index is 12.8. The molecule has 0 N–H and O–H groups in total. The predicted octanol–water partition coefficient (Wildman–Crippen LogP) is 10.8. The molecule has 3 aromatic rings. The molecule has 0 bridgehead atoms. The van der Waals surface area contributed by atoms with Gasteiger partial charge in [0.2, 0.25) is 0 Å². The number of rotatable bonds is 23. The minimum atomic E-state index is -0.768. The first-order valence-corrected chi connectivity index (χ1v) is 17.8. The summed E-state index contributed by atoms with van der Waals surface area (Å²) in [5.74, 6) is 1.39. The molecule has 3 rings (SSSR count). The standard InChI is InChI=1S/C40H53NO8/c1-5-6-7-8-9-10-11-12-27-47-38-25-18-33(29-37(38)41(44)45)40(43)49-35-19-16-32(17-20-35)39(42)48-36-23-21-34(22-24-36)46-28-26-31(4)15-13-14-30(2)3/h16-25,29-31H,5-15,26-28H2,1-4H3/t31-/m0/s1. The van der Waals surface area contributed by atoms with Crippen LogP contribution in [0.5, 0.6) is 23.0 Å². The van der Waals surface area contributed by atoms with Crippen molar-refractivity contribution in [2.75, 3.05) is 13.2 Å². The molecular formula is C40H53NO8. The van der Waals surface area contributed by atoms with Crippen LogP contribution >= 0.6 is 0 Å². The lowest BCUT2D eigenvalue weighted by atomic mass is 9.98. The molecule has 49 heavy (non-hydrogen) atoms. The molecule has 0 spiro atoms. The number of carbonyl (C=O) groups is 2. The smallest absolute Gasteiger partial charge is 0.343 e. The molecule has 0 heterocycles. The summed E-state index contributed by atoms with van der Waals surface area (Å²) in [6.07, 6.45) is 13.8. The first-order valence-electron chi connectivity index (χ1n) is 17.8. The maximum absolute atomic E-state index is 12.8. The lowest BCUT2D eigenvalue weighted by molar-refractivity contribution is -0.385. The van der Waals surface area contributed by atoms with Crippen molar-refractivity contribution in [2.24, 2.45) is 11.8 Å². The van der Waals surface area contributed by atoms with Gasteiger partial charge in [-0.3, -0.25) is 10.1 Å². The maximum Gasteiger partial charge on any atom is 0.343 e. The monoisotopic (exact) mass is 675 g/mol. The topological polar surface area (TPSA) is 114 Å². The van der Waals surface area contributed by atoms with Crippen molar-refractivity contribution in [3.05, 3.63) is 88.0 Å². The molecule has 1 atom stereocenters. The highest BCUT2D eigenvalue weighted by atomic mass is 16.6. The first kappa shape index (κ1) is 39.0. The van der Waals surface area contributed by atoms with E-state index >= 15 is 0 Å². The number of unbranched alkanes of at least 4 members (excludes halogenated alkanes) is 7. The first-order chi connectivity index (χ1) is 23.7. The summed E-state index contributed by atoms with van der Waals surface area (Å²) in [6.45, 7) is 9.95. The van der Waals surface area contributed by atoms with Gasteiger partial charge in [-0.05, 0) is 85.3 Å². The minimum Gasteiger partial charge on any atom is -0.494 e. The molecule has 3 aromatic carbocycles. The van der Waals surface area contributed by atoms with Crippen LogP contribution in [0.3, 0.4) is 0 Å². The summed E-state index contributed by atoms with van der Waals surface area (Å²) in [5, 5.41) is 11.7. The van der Waals surface area contributed by atoms with Crippen LogP contribution < -0.4 is 18.9 Å². The van der Waals surface area contributed by atoms with E-state index in [-0.39, 0.29) is 28.3 Å². The van der Waals surface area contributed by atoms with Gasteiger partial charge in [-0.1, -0.05) is 91.9 Å². The van der Waals surface area contributed by atoms with Gasteiger partial charge in [-0.15, -0.1) is 0 Å². The number of nitro groups is 1. The number of carbonyl (C=O) groups excluding carboxylic acids is 2. The van der Waals surface area contributed by atoms with Crippen molar-refractivity contribution in [1.82, 2.24) is 0 Å². The fourth-order valence-electron chi connectivity index (χ4n) is 5.32. The van der Waals surface area contributed by atoms with Gasteiger partial charge < -0.3 is 18.9 Å². The molecule has 9 nitrogen and oxygen atoms in total. The second-order valence-corrected chi connectivity index (χ2v) is 13.1. The molecule has 0 fully saturated rings. The normalized spacial score (nSPS) is 11.6. The van der Waals surface area contributed by atoms with Crippen molar-refractivity contribution in [3.63, 3.8) is 0 Å². The average molecular weight is 676 g/mol. The summed E-state index contributed by atoms with van der Waals surface area (Å²) in [5.41, 5.74) is -0.0211. The third-order valence-electron chi connectivity index (χ3n) is 8.34. The van der Waals surface area contributed by atoms with Gasteiger partial charge in [0.1, 0.15) is 17.2 Å². The zero-order chi connectivity index (χ0) is 35.4. The molecule has 0 amide bonds. The van der Waals surface area contributed by atoms with E-state index in [1.165, 1.54) is 87.8 Å². The Morgan fingerprint density at radius 1 is 0.633 bits per heavy atom. The Morgan fingerprint density at radius 2 is 1.18 bits per heavy atom. The predicted molar refractivity (Wildman–Crippen MR) is 192 cm³/mol. The van der Waals surface area contributed by atoms with Crippen LogP contribution in [0.15, 0.2) is 66.7 Å². The summed E-state index contributed by atoms with van der Waals surface area (Å²) in [4.78, 5) is 36.6. The second kappa shape index (κ2) is 21.5. The zero-order valence-corrected chi connectivity index (χ0v) is 29.6. The minimum absolute atomic E-state index is 0.0122. The quantitative estimate of drug-likeness (QED) is 0.0321. The Kier molecular flexibility index (Phi) is 17.2. The van der Waals surface area contributed by atoms with Gasteiger partial charge in [0.25, 0.3) is 0 Å². The summed E-state index contributed by atoms with van der Waals surface area (Å²) in [7, 11) is 0. The SMILES string of the molecule is CCCCCCCCCCOc1ccc(C(=O)Oc2ccc(C(=O)Oc3ccc(OCC[C@@H](C)CCCC(C)C)cc3)cc2)cc1[N+](=O)[O-]. The molecule has 0 aliphatic rings. The van der Waals surface area contributed by atoms with Crippen LogP contribution in [0, 0.1) is 22.0 Å². The highest BCUT2D eigenvalue weighted by molar-refractivity contribution is 5.93. The summed E-state index contributed by atoms with van der Waals surface area (Å²) >= 11 is 0. The molecule has 0 aliphatic heterocycles. The van der Waals surface area contributed by atoms with Crippen molar-refractivity contribution in [1.29, 1.82) is 0 Å². The van der Waals surface area contributed by atoms with Crippen molar-refractivity contribution >= 4 is 17.6 Å². The third kappa shape index (κ3) is 14.7. The van der Waals surface area contributed by atoms with E-state index in [2.05, 4.69) is 27.7 Å². The van der Waals surface area contributed by atoms with E-state index in [9.17, 15) is 19.7 Å². The van der Waals surface area contributed by atoms with E-state index in [1.807, 2.05) is 0 Å². The number of nitrogens with zero attached hydrogens (tertiary/aromatic N) is 1. The Morgan fingerprint density at radius 3 is 1.80 bits per heavy atom. The van der Waals surface area contributed by atoms with Gasteiger partial charge in [0.15, 0.2) is 5.75 Å². The van der Waals surface area contributed by atoms with Gasteiger partial charge in [0, 0.05) is 6.07 Å². The Hall–Kier alpha value is -4.40. The van der Waals surface area contributed by atoms with Crippen LogP contribution in [0.4, 0.5) is 5.69 Å². The Balaban J connectivity index is 1.44. The Bertz CT molecular complexity index is 1440. The van der Waals surface area contributed by atoms with Crippen molar-refractivity contribution < 1.29 is 33.5 Å². The van der Waals surface area contributed by atoms with Crippen LogP contribution in [0.25, 0.3) is 0 Å². The summed E-state index contributed by atoms with van der Waals surface area (Å²) < 4.78 is 22.4. The highest BCUT2D eigenvalue weighted by Crippen LogP contribution is 2.29. The molecule has 0 aliphatic carbocycles. The fourth-order valence-corrected chi connectivity index (χ4v) is 5.32. The van der Waals surface area contributed by atoms with Gasteiger partial charge in [-0.25, -0.2) is 9.59 Å².